The summed E-state index contributed by atoms with van der Waals surface area (Å²) >= 11 is 0. The lowest BCUT2D eigenvalue weighted by atomic mass is 9.99. The van der Waals surface area contributed by atoms with Crippen LogP contribution in [0.5, 0.6) is 0 Å². The summed E-state index contributed by atoms with van der Waals surface area (Å²) in [5.74, 6) is 1.63. The maximum absolute atomic E-state index is 12.8. The fourth-order valence-corrected chi connectivity index (χ4v) is 7.55. The zero-order valence-corrected chi connectivity index (χ0v) is 39.1. The maximum atomic E-state index is 12.8. The topological polar surface area (TPSA) is 78.9 Å². The highest BCUT2D eigenvalue weighted by molar-refractivity contribution is 5.71. The van der Waals surface area contributed by atoms with Gasteiger partial charge in [-0.05, 0) is 37.0 Å². The van der Waals surface area contributed by atoms with Crippen LogP contribution in [0.2, 0.25) is 0 Å². The van der Waals surface area contributed by atoms with Gasteiger partial charge in [-0.15, -0.1) is 0 Å². The zero-order chi connectivity index (χ0) is 42.0. The van der Waals surface area contributed by atoms with Crippen LogP contribution in [-0.2, 0) is 28.6 Å². The summed E-state index contributed by atoms with van der Waals surface area (Å²) in [5.41, 5.74) is 0. The Balaban J connectivity index is 4.33. The van der Waals surface area contributed by atoms with Crippen molar-refractivity contribution in [2.24, 2.45) is 17.8 Å². The Bertz CT molecular complexity index is 885. The van der Waals surface area contributed by atoms with Crippen molar-refractivity contribution in [3.8, 4) is 0 Å². The SMILES string of the molecule is CCC(C)CCCCCCCCCCC(=O)OC[C@H](COC(=O)CCCCCCCCCCCCCCC(C)C)OC(=O)CCCCCCCCCCCC(C)C. The number of esters is 3. The van der Waals surface area contributed by atoms with Crippen molar-refractivity contribution in [2.75, 3.05) is 13.2 Å². The van der Waals surface area contributed by atoms with Gasteiger partial charge in [-0.2, -0.15) is 0 Å². The van der Waals surface area contributed by atoms with Crippen LogP contribution in [0.4, 0.5) is 0 Å². The molecule has 0 radical (unpaired) electrons. The van der Waals surface area contributed by atoms with E-state index in [0.29, 0.717) is 19.3 Å². The van der Waals surface area contributed by atoms with Crippen molar-refractivity contribution in [2.45, 2.75) is 279 Å². The second kappa shape index (κ2) is 42.5. The highest BCUT2D eigenvalue weighted by Crippen LogP contribution is 2.18. The van der Waals surface area contributed by atoms with Gasteiger partial charge in [0.15, 0.2) is 6.10 Å². The second-order valence-electron chi connectivity index (χ2n) is 18.6. The first-order valence-corrected chi connectivity index (χ1v) is 25.1. The number of unbranched alkanes of at least 4 members (excludes halogenated alkanes) is 26. The van der Waals surface area contributed by atoms with E-state index in [1.807, 2.05) is 0 Å². The van der Waals surface area contributed by atoms with Crippen molar-refractivity contribution in [3.05, 3.63) is 0 Å². The molecule has 0 aliphatic carbocycles. The lowest BCUT2D eigenvalue weighted by molar-refractivity contribution is -0.167. The molecular weight excluding hydrogens is 709 g/mol. The minimum Gasteiger partial charge on any atom is -0.462 e. The molecule has 0 rings (SSSR count). The van der Waals surface area contributed by atoms with E-state index in [1.54, 1.807) is 0 Å². The monoisotopic (exact) mass is 807 g/mol. The van der Waals surface area contributed by atoms with Gasteiger partial charge >= 0.3 is 17.9 Å². The van der Waals surface area contributed by atoms with Crippen molar-refractivity contribution >= 4 is 17.9 Å². The van der Waals surface area contributed by atoms with Crippen LogP contribution in [0.25, 0.3) is 0 Å². The highest BCUT2D eigenvalue weighted by Gasteiger charge is 2.19. The van der Waals surface area contributed by atoms with Gasteiger partial charge in [0.05, 0.1) is 0 Å². The fraction of sp³-hybridized carbons (Fsp3) is 0.941. The standard InChI is InChI=1S/C51H98O6/c1-7-47(6)39-33-27-21-17-18-23-29-35-41-50(53)56-44-48(57-51(54)42-36-30-24-16-12-14-20-26-32-38-46(4)5)43-55-49(52)40-34-28-22-15-11-9-8-10-13-19-25-31-37-45(2)3/h45-48H,7-44H2,1-6H3/t47?,48-/m0/s1. The van der Waals surface area contributed by atoms with Gasteiger partial charge in [-0.25, -0.2) is 0 Å². The van der Waals surface area contributed by atoms with E-state index in [0.717, 1.165) is 75.5 Å². The average molecular weight is 807 g/mol. The summed E-state index contributed by atoms with van der Waals surface area (Å²) < 4.78 is 16.8. The number of ether oxygens (including phenoxy) is 3. The summed E-state index contributed by atoms with van der Waals surface area (Å²) in [6, 6.07) is 0. The molecule has 0 bridgehead atoms. The predicted molar refractivity (Wildman–Crippen MR) is 243 cm³/mol. The Morgan fingerprint density at radius 3 is 0.912 bits per heavy atom. The van der Waals surface area contributed by atoms with E-state index < -0.39 is 6.10 Å². The fourth-order valence-electron chi connectivity index (χ4n) is 7.55. The van der Waals surface area contributed by atoms with Crippen LogP contribution in [0.3, 0.4) is 0 Å². The molecule has 6 heteroatoms. The maximum Gasteiger partial charge on any atom is 0.306 e. The Labute approximate surface area is 355 Å². The summed E-state index contributed by atoms with van der Waals surface area (Å²) in [5, 5.41) is 0. The molecule has 0 aromatic carbocycles. The molecule has 1 unspecified atom stereocenters. The quantitative estimate of drug-likeness (QED) is 0.0347. The van der Waals surface area contributed by atoms with Gasteiger partial charge in [0.1, 0.15) is 13.2 Å². The third kappa shape index (κ3) is 43.8. The van der Waals surface area contributed by atoms with Crippen molar-refractivity contribution in [1.29, 1.82) is 0 Å². The Morgan fingerprint density at radius 1 is 0.351 bits per heavy atom. The molecule has 338 valence electrons. The molecule has 2 atom stereocenters. The van der Waals surface area contributed by atoms with Gasteiger partial charge in [0.2, 0.25) is 0 Å². The summed E-state index contributed by atoms with van der Waals surface area (Å²) in [6.45, 7) is 13.7. The first-order chi connectivity index (χ1) is 27.6. The number of rotatable bonds is 44. The number of carbonyl (C=O) groups is 3. The third-order valence-electron chi connectivity index (χ3n) is 11.8. The molecule has 0 saturated carbocycles. The number of hydrogen-bond acceptors (Lipinski definition) is 6. The number of carbonyl (C=O) groups excluding carboxylic acids is 3. The summed E-state index contributed by atoms with van der Waals surface area (Å²) in [4.78, 5) is 37.9. The van der Waals surface area contributed by atoms with Gasteiger partial charge in [-0.3, -0.25) is 14.4 Å². The minimum atomic E-state index is -0.763. The molecule has 0 fully saturated rings. The molecule has 0 aromatic heterocycles. The Kier molecular flexibility index (Phi) is 41.3. The van der Waals surface area contributed by atoms with Crippen molar-refractivity contribution in [3.63, 3.8) is 0 Å². The van der Waals surface area contributed by atoms with Crippen molar-refractivity contribution < 1.29 is 28.6 Å². The van der Waals surface area contributed by atoms with Crippen LogP contribution in [0.15, 0.2) is 0 Å². The predicted octanol–water partition coefficient (Wildman–Crippen LogP) is 16.0. The smallest absolute Gasteiger partial charge is 0.306 e. The lowest BCUT2D eigenvalue weighted by Gasteiger charge is -2.18. The molecule has 6 nitrogen and oxygen atoms in total. The molecule has 0 aliphatic heterocycles. The second-order valence-corrected chi connectivity index (χ2v) is 18.6. The summed E-state index contributed by atoms with van der Waals surface area (Å²) in [7, 11) is 0. The minimum absolute atomic E-state index is 0.0654. The molecule has 0 spiro atoms. The molecular formula is C51H98O6. The van der Waals surface area contributed by atoms with E-state index in [2.05, 4.69) is 41.5 Å². The van der Waals surface area contributed by atoms with Crippen LogP contribution in [0, 0.1) is 17.8 Å². The van der Waals surface area contributed by atoms with Gasteiger partial charge in [0.25, 0.3) is 0 Å². The van der Waals surface area contributed by atoms with Crippen LogP contribution >= 0.6 is 0 Å². The van der Waals surface area contributed by atoms with Gasteiger partial charge < -0.3 is 14.2 Å². The van der Waals surface area contributed by atoms with Gasteiger partial charge in [0, 0.05) is 19.3 Å². The molecule has 0 saturated heterocycles. The van der Waals surface area contributed by atoms with E-state index in [1.165, 1.54) is 154 Å². The van der Waals surface area contributed by atoms with Crippen LogP contribution in [-0.4, -0.2) is 37.2 Å². The largest absolute Gasteiger partial charge is 0.462 e. The molecule has 0 aromatic rings. The first-order valence-electron chi connectivity index (χ1n) is 25.1. The Hall–Kier alpha value is -1.59. The molecule has 0 N–H and O–H groups in total. The average Bonchev–Trinajstić information content (AvgIpc) is 3.18. The van der Waals surface area contributed by atoms with E-state index in [4.69, 9.17) is 14.2 Å². The zero-order valence-electron chi connectivity index (χ0n) is 39.1. The van der Waals surface area contributed by atoms with Gasteiger partial charge in [-0.1, -0.05) is 234 Å². The number of hydrogen-bond donors (Lipinski definition) is 0. The van der Waals surface area contributed by atoms with E-state index in [9.17, 15) is 14.4 Å². The molecule has 0 aliphatic rings. The lowest BCUT2D eigenvalue weighted by Crippen LogP contribution is -2.30. The molecule has 0 amide bonds. The summed E-state index contributed by atoms with van der Waals surface area (Å²) in [6.07, 6.45) is 40.8. The Morgan fingerprint density at radius 2 is 0.614 bits per heavy atom. The molecule has 57 heavy (non-hydrogen) atoms. The first kappa shape index (κ1) is 55.4. The van der Waals surface area contributed by atoms with E-state index in [-0.39, 0.29) is 31.1 Å². The van der Waals surface area contributed by atoms with Crippen LogP contribution < -0.4 is 0 Å². The highest BCUT2D eigenvalue weighted by atomic mass is 16.6. The van der Waals surface area contributed by atoms with E-state index >= 15 is 0 Å². The normalized spacial score (nSPS) is 12.6. The van der Waals surface area contributed by atoms with Crippen LogP contribution in [0.1, 0.15) is 273 Å². The van der Waals surface area contributed by atoms with Crippen molar-refractivity contribution in [1.82, 2.24) is 0 Å². The third-order valence-corrected chi connectivity index (χ3v) is 11.8. The molecule has 0 heterocycles.